The Labute approximate surface area is 122 Å². The number of nitrogens with one attached hydrogen (secondary N) is 1. The summed E-state index contributed by atoms with van der Waals surface area (Å²) in [6, 6.07) is 9.92. The van der Waals surface area contributed by atoms with Crippen LogP contribution >= 0.6 is 0 Å². The lowest BCUT2D eigenvalue weighted by atomic mass is 9.88. The van der Waals surface area contributed by atoms with E-state index in [-0.39, 0.29) is 5.91 Å². The van der Waals surface area contributed by atoms with Crippen LogP contribution in [-0.4, -0.2) is 18.5 Å². The molecule has 0 bridgehead atoms. The minimum Gasteiger partial charge on any atom is -0.354 e. The summed E-state index contributed by atoms with van der Waals surface area (Å²) in [5.41, 5.74) is 7.17. The van der Waals surface area contributed by atoms with Gasteiger partial charge in [0.1, 0.15) is 0 Å². The van der Waals surface area contributed by atoms with Crippen LogP contribution in [0, 0.1) is 11.8 Å². The second kappa shape index (κ2) is 8.05. The van der Waals surface area contributed by atoms with Crippen LogP contribution in [0.15, 0.2) is 30.3 Å². The highest BCUT2D eigenvalue weighted by molar-refractivity contribution is 5.81. The van der Waals surface area contributed by atoms with E-state index in [1.54, 1.807) is 0 Å². The van der Waals surface area contributed by atoms with Gasteiger partial charge in [0.05, 0.1) is 6.04 Å². The number of nitrogens with two attached hydrogens (primary N) is 1. The number of rotatable bonds is 7. The van der Waals surface area contributed by atoms with Crippen molar-refractivity contribution in [1.29, 1.82) is 0 Å². The average molecular weight is 276 g/mol. The van der Waals surface area contributed by atoms with E-state index in [4.69, 9.17) is 5.73 Å². The van der Waals surface area contributed by atoms with Gasteiger partial charge in [-0.15, -0.1) is 0 Å². The number of carbonyl (C=O) groups excluding carboxylic acids is 1. The molecule has 1 unspecified atom stereocenters. The lowest BCUT2D eigenvalue weighted by molar-refractivity contribution is -0.122. The van der Waals surface area contributed by atoms with Crippen molar-refractivity contribution in [2.24, 2.45) is 17.6 Å². The van der Waals surface area contributed by atoms with Gasteiger partial charge >= 0.3 is 0 Å². The van der Waals surface area contributed by atoms with Crippen LogP contribution < -0.4 is 11.1 Å². The zero-order valence-electron chi connectivity index (χ0n) is 13.1. The van der Waals surface area contributed by atoms with Crippen LogP contribution in [0.4, 0.5) is 0 Å². The molecule has 0 saturated heterocycles. The van der Waals surface area contributed by atoms with Gasteiger partial charge in [-0.2, -0.15) is 0 Å². The second-order valence-corrected chi connectivity index (χ2v) is 6.24. The average Bonchev–Trinajstić information content (AvgIpc) is 2.38. The summed E-state index contributed by atoms with van der Waals surface area (Å²) in [4.78, 5) is 12.0. The topological polar surface area (TPSA) is 55.1 Å². The molecular formula is C17H28N2O. The summed E-state index contributed by atoms with van der Waals surface area (Å²) in [7, 11) is 0. The Morgan fingerprint density at radius 1 is 1.15 bits per heavy atom. The van der Waals surface area contributed by atoms with Gasteiger partial charge in [-0.1, -0.05) is 58.0 Å². The molecule has 20 heavy (non-hydrogen) atoms. The molecule has 0 radical (unpaired) electrons. The molecule has 1 aromatic carbocycles. The summed E-state index contributed by atoms with van der Waals surface area (Å²) in [5, 5.41) is 3.00. The summed E-state index contributed by atoms with van der Waals surface area (Å²) in [5.74, 6) is 1.19. The molecule has 1 rings (SSSR count). The summed E-state index contributed by atoms with van der Waals surface area (Å²) < 4.78 is 0. The Bertz CT molecular complexity index is 401. The quantitative estimate of drug-likeness (QED) is 0.804. The van der Waals surface area contributed by atoms with E-state index in [1.165, 1.54) is 5.56 Å². The molecular weight excluding hydrogens is 248 g/mol. The zero-order valence-corrected chi connectivity index (χ0v) is 13.1. The van der Waals surface area contributed by atoms with Crippen molar-refractivity contribution in [1.82, 2.24) is 5.32 Å². The van der Waals surface area contributed by atoms with Gasteiger partial charge in [-0.05, 0) is 23.8 Å². The van der Waals surface area contributed by atoms with Crippen LogP contribution in [0.3, 0.4) is 0 Å². The Balaban J connectivity index is 2.58. The number of hydrogen-bond donors (Lipinski definition) is 2. The van der Waals surface area contributed by atoms with E-state index in [2.05, 4.69) is 45.1 Å². The fourth-order valence-corrected chi connectivity index (χ4v) is 2.40. The number of amides is 1. The molecule has 3 heteroatoms. The number of hydrogen-bond acceptors (Lipinski definition) is 2. The normalized spacial score (nSPS) is 14.3. The molecule has 3 nitrogen and oxygen atoms in total. The fraction of sp³-hybridized carbons (Fsp3) is 0.588. The van der Waals surface area contributed by atoms with Crippen molar-refractivity contribution in [3.63, 3.8) is 0 Å². The molecule has 0 aromatic heterocycles. The smallest absolute Gasteiger partial charge is 0.236 e. The van der Waals surface area contributed by atoms with Crippen molar-refractivity contribution < 1.29 is 4.79 Å². The maximum atomic E-state index is 12.0. The Morgan fingerprint density at radius 3 is 2.25 bits per heavy atom. The van der Waals surface area contributed by atoms with Gasteiger partial charge in [-0.3, -0.25) is 4.79 Å². The molecule has 112 valence electrons. The van der Waals surface area contributed by atoms with Gasteiger partial charge in [-0.25, -0.2) is 0 Å². The first kappa shape index (κ1) is 16.7. The third-order valence-electron chi connectivity index (χ3n) is 3.59. The third-order valence-corrected chi connectivity index (χ3v) is 3.59. The van der Waals surface area contributed by atoms with Crippen molar-refractivity contribution in [3.8, 4) is 0 Å². The maximum Gasteiger partial charge on any atom is 0.236 e. The zero-order chi connectivity index (χ0) is 15.1. The van der Waals surface area contributed by atoms with Crippen molar-refractivity contribution >= 4 is 5.91 Å². The van der Waals surface area contributed by atoms with Gasteiger partial charge in [0, 0.05) is 12.5 Å². The first-order valence-corrected chi connectivity index (χ1v) is 7.50. The molecule has 2 atom stereocenters. The Hall–Kier alpha value is -1.35. The predicted octanol–water partition coefficient (Wildman–Crippen LogP) is 2.92. The highest BCUT2D eigenvalue weighted by atomic mass is 16.2. The molecule has 0 fully saturated rings. The molecule has 1 amide bonds. The predicted molar refractivity (Wildman–Crippen MR) is 84.5 cm³/mol. The van der Waals surface area contributed by atoms with E-state index in [0.717, 1.165) is 6.42 Å². The van der Waals surface area contributed by atoms with Gasteiger partial charge in [0.25, 0.3) is 0 Å². The van der Waals surface area contributed by atoms with Crippen LogP contribution in [0.5, 0.6) is 0 Å². The van der Waals surface area contributed by atoms with E-state index >= 15 is 0 Å². The maximum absolute atomic E-state index is 12.0. The molecule has 1 aromatic rings. The van der Waals surface area contributed by atoms with Gasteiger partial charge in [0.15, 0.2) is 0 Å². The monoisotopic (exact) mass is 276 g/mol. The molecule has 0 aliphatic carbocycles. The van der Waals surface area contributed by atoms with E-state index < -0.39 is 6.04 Å². The highest BCUT2D eigenvalue weighted by Gasteiger charge is 2.19. The van der Waals surface area contributed by atoms with Crippen LogP contribution in [-0.2, 0) is 4.79 Å². The summed E-state index contributed by atoms with van der Waals surface area (Å²) >= 11 is 0. The minimum absolute atomic E-state index is 0.0414. The first-order chi connectivity index (χ1) is 9.41. The minimum atomic E-state index is -0.404. The molecule has 0 heterocycles. The van der Waals surface area contributed by atoms with E-state index in [0.29, 0.717) is 24.3 Å². The largest absolute Gasteiger partial charge is 0.354 e. The van der Waals surface area contributed by atoms with Gasteiger partial charge in [0.2, 0.25) is 5.91 Å². The Morgan fingerprint density at radius 2 is 1.75 bits per heavy atom. The third kappa shape index (κ3) is 5.33. The van der Waals surface area contributed by atoms with Crippen molar-refractivity contribution in [3.05, 3.63) is 35.9 Å². The van der Waals surface area contributed by atoms with E-state index in [1.807, 2.05) is 18.2 Å². The Kier molecular flexibility index (Phi) is 6.73. The number of carbonyl (C=O) groups is 1. The second-order valence-electron chi connectivity index (χ2n) is 6.24. The van der Waals surface area contributed by atoms with E-state index in [9.17, 15) is 4.79 Å². The number of benzene rings is 1. The van der Waals surface area contributed by atoms with Crippen molar-refractivity contribution in [2.75, 3.05) is 6.54 Å². The molecule has 0 spiro atoms. The highest BCUT2D eigenvalue weighted by Crippen LogP contribution is 2.23. The standard InChI is InChI=1S/C17H28N2O/c1-12(2)10-16(18)17(20)19-11-15(13(3)4)14-8-6-5-7-9-14/h5-9,12-13,15-16H,10-11,18H2,1-4H3,(H,19,20)/t15?,16-/m0/s1. The summed E-state index contributed by atoms with van der Waals surface area (Å²) in [6.07, 6.45) is 0.726. The van der Waals surface area contributed by atoms with Crippen LogP contribution in [0.25, 0.3) is 0 Å². The fourth-order valence-electron chi connectivity index (χ4n) is 2.40. The molecule has 0 saturated carbocycles. The van der Waals surface area contributed by atoms with Crippen molar-refractivity contribution in [2.45, 2.75) is 46.1 Å². The van der Waals surface area contributed by atoms with Crippen LogP contribution in [0.1, 0.15) is 45.6 Å². The molecule has 3 N–H and O–H groups in total. The summed E-state index contributed by atoms with van der Waals surface area (Å²) in [6.45, 7) is 9.16. The van der Waals surface area contributed by atoms with Gasteiger partial charge < -0.3 is 11.1 Å². The SMILES string of the molecule is CC(C)C[C@H](N)C(=O)NCC(c1ccccc1)C(C)C. The lowest BCUT2D eigenvalue weighted by Crippen LogP contribution is -2.43. The van der Waals surface area contributed by atoms with Crippen LogP contribution in [0.2, 0.25) is 0 Å². The lowest BCUT2D eigenvalue weighted by Gasteiger charge is -2.23. The molecule has 0 aliphatic rings. The first-order valence-electron chi connectivity index (χ1n) is 7.50. The molecule has 0 aliphatic heterocycles.